The number of likely N-dealkylation sites (N-methyl/N-ethyl adjacent to an activating group) is 1. The summed E-state index contributed by atoms with van der Waals surface area (Å²) in [6.45, 7) is 2.05. The summed E-state index contributed by atoms with van der Waals surface area (Å²) < 4.78 is 0.925. The molecule has 0 spiro atoms. The van der Waals surface area contributed by atoms with Crippen LogP contribution in [-0.4, -0.2) is 42.8 Å². The molecule has 1 heterocycles. The van der Waals surface area contributed by atoms with Crippen molar-refractivity contribution in [3.63, 3.8) is 0 Å². The van der Waals surface area contributed by atoms with Gasteiger partial charge in [-0.3, -0.25) is 14.4 Å². The Balaban J connectivity index is 1.61. The summed E-state index contributed by atoms with van der Waals surface area (Å²) in [5, 5.41) is 3.28. The number of carbonyl (C=O) groups is 3. The zero-order valence-corrected chi connectivity index (χ0v) is 18.5. The highest BCUT2D eigenvalue weighted by atomic mass is 79.9. The van der Waals surface area contributed by atoms with Gasteiger partial charge in [-0.05, 0) is 42.8 Å². The maximum Gasteiger partial charge on any atom is 0.243 e. The van der Waals surface area contributed by atoms with Crippen molar-refractivity contribution in [2.45, 2.75) is 13.3 Å². The molecule has 2 aromatic carbocycles. The van der Waals surface area contributed by atoms with Crippen molar-refractivity contribution in [2.24, 2.45) is 5.92 Å². The molecule has 1 saturated heterocycles. The van der Waals surface area contributed by atoms with E-state index < -0.39 is 5.92 Å². The SMILES string of the molecule is Cc1cc(Br)ccc1NC(=O)CN(C)C(=O)C1CC(=O)N(c2ccccc2Cl)C1. The number of nitrogens with zero attached hydrogens (tertiary/aromatic N) is 2. The molecule has 3 rings (SSSR count). The number of hydrogen-bond donors (Lipinski definition) is 1. The molecule has 6 nitrogen and oxygen atoms in total. The third-order valence-corrected chi connectivity index (χ3v) is 5.65. The fourth-order valence-corrected chi connectivity index (χ4v) is 4.05. The molecule has 1 unspecified atom stereocenters. The van der Waals surface area contributed by atoms with Crippen LogP contribution in [0.15, 0.2) is 46.9 Å². The van der Waals surface area contributed by atoms with Gasteiger partial charge < -0.3 is 15.1 Å². The zero-order valence-electron chi connectivity index (χ0n) is 16.1. The predicted molar refractivity (Wildman–Crippen MR) is 117 cm³/mol. The van der Waals surface area contributed by atoms with E-state index in [0.29, 0.717) is 16.4 Å². The lowest BCUT2D eigenvalue weighted by Gasteiger charge is -2.21. The number of rotatable bonds is 5. The summed E-state index contributed by atoms with van der Waals surface area (Å²) in [7, 11) is 1.57. The molecule has 0 aromatic heterocycles. The van der Waals surface area contributed by atoms with E-state index in [2.05, 4.69) is 21.2 Å². The molecule has 1 aliphatic heterocycles. The van der Waals surface area contributed by atoms with Crippen molar-refractivity contribution in [2.75, 3.05) is 30.4 Å². The van der Waals surface area contributed by atoms with E-state index in [0.717, 1.165) is 10.0 Å². The zero-order chi connectivity index (χ0) is 21.1. The van der Waals surface area contributed by atoms with Gasteiger partial charge in [-0.1, -0.05) is 39.7 Å². The number of carbonyl (C=O) groups excluding carboxylic acids is 3. The Labute approximate surface area is 182 Å². The lowest BCUT2D eigenvalue weighted by molar-refractivity contribution is -0.137. The molecule has 0 saturated carbocycles. The Morgan fingerprint density at radius 2 is 2.00 bits per heavy atom. The van der Waals surface area contributed by atoms with Crippen LogP contribution >= 0.6 is 27.5 Å². The van der Waals surface area contributed by atoms with Gasteiger partial charge in [0.05, 0.1) is 23.2 Å². The van der Waals surface area contributed by atoms with Gasteiger partial charge in [0.25, 0.3) is 0 Å². The van der Waals surface area contributed by atoms with Crippen molar-refractivity contribution < 1.29 is 14.4 Å². The third-order valence-electron chi connectivity index (χ3n) is 4.84. The Kier molecular flexibility index (Phi) is 6.59. The van der Waals surface area contributed by atoms with E-state index in [1.54, 1.807) is 37.4 Å². The van der Waals surface area contributed by atoms with Gasteiger partial charge in [-0.25, -0.2) is 0 Å². The monoisotopic (exact) mass is 477 g/mol. The summed E-state index contributed by atoms with van der Waals surface area (Å²) in [5.74, 6) is -1.19. The molecule has 1 N–H and O–H groups in total. The molecule has 1 aliphatic rings. The maximum absolute atomic E-state index is 12.8. The topological polar surface area (TPSA) is 69.7 Å². The lowest BCUT2D eigenvalue weighted by Crippen LogP contribution is -2.39. The van der Waals surface area contributed by atoms with Crippen LogP contribution in [0.2, 0.25) is 5.02 Å². The Bertz CT molecular complexity index is 966. The number of nitrogens with one attached hydrogen (secondary N) is 1. The van der Waals surface area contributed by atoms with E-state index in [9.17, 15) is 14.4 Å². The molecule has 1 atom stereocenters. The molecule has 152 valence electrons. The largest absolute Gasteiger partial charge is 0.336 e. The summed E-state index contributed by atoms with van der Waals surface area (Å²) in [6.07, 6.45) is 0.0990. The second-order valence-corrected chi connectivity index (χ2v) is 8.38. The Morgan fingerprint density at radius 3 is 2.69 bits per heavy atom. The second kappa shape index (κ2) is 8.97. The highest BCUT2D eigenvalue weighted by Crippen LogP contribution is 2.31. The summed E-state index contributed by atoms with van der Waals surface area (Å²) in [5.41, 5.74) is 2.21. The minimum Gasteiger partial charge on any atom is -0.336 e. The number of halogens is 2. The Morgan fingerprint density at radius 1 is 1.28 bits per heavy atom. The average Bonchev–Trinajstić information content (AvgIpc) is 3.05. The normalized spacial score (nSPS) is 16.1. The first-order chi connectivity index (χ1) is 13.8. The van der Waals surface area contributed by atoms with Crippen molar-refractivity contribution in [3.8, 4) is 0 Å². The van der Waals surface area contributed by atoms with E-state index in [1.807, 2.05) is 19.1 Å². The van der Waals surface area contributed by atoms with Gasteiger partial charge in [-0.15, -0.1) is 0 Å². The minimum atomic E-state index is -0.508. The van der Waals surface area contributed by atoms with Gasteiger partial charge in [0.15, 0.2) is 0 Å². The molecule has 0 bridgehead atoms. The van der Waals surface area contributed by atoms with Crippen molar-refractivity contribution in [1.82, 2.24) is 4.90 Å². The number of anilines is 2. The lowest BCUT2D eigenvalue weighted by atomic mass is 10.1. The molecule has 2 aromatic rings. The van der Waals surface area contributed by atoms with Crippen LogP contribution < -0.4 is 10.2 Å². The smallest absolute Gasteiger partial charge is 0.243 e. The van der Waals surface area contributed by atoms with Gasteiger partial charge in [0.2, 0.25) is 17.7 Å². The van der Waals surface area contributed by atoms with E-state index in [4.69, 9.17) is 11.6 Å². The van der Waals surface area contributed by atoms with Gasteiger partial charge >= 0.3 is 0 Å². The maximum atomic E-state index is 12.8. The van der Waals surface area contributed by atoms with E-state index >= 15 is 0 Å². The summed E-state index contributed by atoms with van der Waals surface area (Å²) in [4.78, 5) is 40.4. The first-order valence-electron chi connectivity index (χ1n) is 9.12. The fourth-order valence-electron chi connectivity index (χ4n) is 3.34. The van der Waals surface area contributed by atoms with E-state index in [-0.39, 0.29) is 37.2 Å². The standard InChI is InChI=1S/C21H21BrClN3O3/c1-13-9-15(22)7-8-17(13)24-19(27)12-25(2)21(29)14-10-20(28)26(11-14)18-6-4-3-5-16(18)23/h3-9,14H,10-12H2,1-2H3,(H,24,27). The number of amides is 3. The molecular weight excluding hydrogens is 458 g/mol. The van der Waals surface area contributed by atoms with Gasteiger partial charge in [0, 0.05) is 30.2 Å². The van der Waals surface area contributed by atoms with Crippen LogP contribution in [0.4, 0.5) is 11.4 Å². The molecule has 29 heavy (non-hydrogen) atoms. The average molecular weight is 479 g/mol. The molecule has 3 amide bonds. The van der Waals surface area contributed by atoms with E-state index in [1.165, 1.54) is 9.80 Å². The molecule has 0 aliphatic carbocycles. The number of aryl methyl sites for hydroxylation is 1. The van der Waals surface area contributed by atoms with Crippen LogP contribution in [0, 0.1) is 12.8 Å². The van der Waals surface area contributed by atoms with Crippen molar-refractivity contribution in [1.29, 1.82) is 0 Å². The summed E-state index contributed by atoms with van der Waals surface area (Å²) >= 11 is 9.57. The van der Waals surface area contributed by atoms with Crippen LogP contribution in [0.5, 0.6) is 0 Å². The van der Waals surface area contributed by atoms with Crippen LogP contribution in [0.25, 0.3) is 0 Å². The quantitative estimate of drug-likeness (QED) is 0.709. The molecule has 1 fully saturated rings. The molecular formula is C21H21BrClN3O3. The number of benzene rings is 2. The van der Waals surface area contributed by atoms with Crippen molar-refractivity contribution in [3.05, 3.63) is 57.5 Å². The first-order valence-corrected chi connectivity index (χ1v) is 10.3. The predicted octanol–water partition coefficient (Wildman–Crippen LogP) is 3.86. The van der Waals surface area contributed by atoms with Gasteiger partial charge in [-0.2, -0.15) is 0 Å². The van der Waals surface area contributed by atoms with Crippen LogP contribution in [0.1, 0.15) is 12.0 Å². The molecule has 0 radical (unpaired) electrons. The first kappa shape index (κ1) is 21.3. The highest BCUT2D eigenvalue weighted by Gasteiger charge is 2.37. The third kappa shape index (κ3) is 4.97. The van der Waals surface area contributed by atoms with Crippen molar-refractivity contribution >= 4 is 56.6 Å². The Hall–Kier alpha value is -2.38. The van der Waals surface area contributed by atoms with Crippen LogP contribution in [-0.2, 0) is 14.4 Å². The summed E-state index contributed by atoms with van der Waals surface area (Å²) in [6, 6.07) is 12.6. The fraction of sp³-hybridized carbons (Fsp3) is 0.286. The number of hydrogen-bond acceptors (Lipinski definition) is 3. The second-order valence-electron chi connectivity index (χ2n) is 7.06. The highest BCUT2D eigenvalue weighted by molar-refractivity contribution is 9.10. The van der Waals surface area contributed by atoms with Gasteiger partial charge in [0.1, 0.15) is 0 Å². The number of para-hydroxylation sites is 1. The minimum absolute atomic E-state index is 0.0921. The molecule has 8 heteroatoms. The van der Waals surface area contributed by atoms with Crippen LogP contribution in [0.3, 0.4) is 0 Å².